The summed E-state index contributed by atoms with van der Waals surface area (Å²) in [5, 5.41) is 4.02. The second kappa shape index (κ2) is 6.08. The van der Waals surface area contributed by atoms with Crippen LogP contribution in [0.4, 0.5) is 4.39 Å². The van der Waals surface area contributed by atoms with Crippen LogP contribution in [0.1, 0.15) is 29.8 Å². The fourth-order valence-corrected chi connectivity index (χ4v) is 3.21. The molecule has 6 nitrogen and oxygen atoms in total. The van der Waals surface area contributed by atoms with Gasteiger partial charge in [-0.05, 0) is 29.8 Å². The van der Waals surface area contributed by atoms with Gasteiger partial charge in [-0.25, -0.2) is 4.39 Å². The van der Waals surface area contributed by atoms with Gasteiger partial charge in [0.15, 0.2) is 0 Å². The molecule has 3 heterocycles. The number of carbonyl (C=O) groups excluding carboxylic acids is 1. The number of likely N-dealkylation sites (N-methyl/N-ethyl adjacent to an activating group) is 1. The van der Waals surface area contributed by atoms with E-state index in [1.807, 2.05) is 0 Å². The van der Waals surface area contributed by atoms with Crippen molar-refractivity contribution in [2.24, 2.45) is 0 Å². The Hall–Kier alpha value is -3.09. The Morgan fingerprint density at radius 3 is 2.60 bits per heavy atom. The third-order valence-electron chi connectivity index (χ3n) is 4.50. The van der Waals surface area contributed by atoms with Crippen LogP contribution in [-0.2, 0) is 4.79 Å². The highest BCUT2D eigenvalue weighted by atomic mass is 19.1. The van der Waals surface area contributed by atoms with Gasteiger partial charge < -0.3 is 9.42 Å². The average Bonchev–Trinajstić information content (AvgIpc) is 3.23. The lowest BCUT2D eigenvalue weighted by atomic mass is 9.93. The molecule has 1 aromatic carbocycles. The molecule has 25 heavy (non-hydrogen) atoms. The van der Waals surface area contributed by atoms with Crippen LogP contribution in [-0.4, -0.2) is 33.0 Å². The summed E-state index contributed by atoms with van der Waals surface area (Å²) in [5.74, 6) is 0.259. The van der Waals surface area contributed by atoms with E-state index in [2.05, 4.69) is 15.1 Å². The van der Waals surface area contributed by atoms with Crippen LogP contribution in [0.15, 0.2) is 53.3 Å². The Kier molecular flexibility index (Phi) is 3.76. The smallest absolute Gasteiger partial charge is 0.233 e. The summed E-state index contributed by atoms with van der Waals surface area (Å²) in [6.07, 6.45) is 3.58. The van der Waals surface area contributed by atoms with Crippen molar-refractivity contribution in [3.8, 4) is 11.4 Å². The summed E-state index contributed by atoms with van der Waals surface area (Å²) >= 11 is 0. The lowest BCUT2D eigenvalue weighted by molar-refractivity contribution is -0.127. The highest BCUT2D eigenvalue weighted by Crippen LogP contribution is 2.43. The van der Waals surface area contributed by atoms with Crippen LogP contribution >= 0.6 is 0 Å². The van der Waals surface area contributed by atoms with Gasteiger partial charge in [0.2, 0.25) is 17.6 Å². The molecule has 126 valence electrons. The molecular weight excluding hydrogens is 323 g/mol. The van der Waals surface area contributed by atoms with Crippen LogP contribution in [0.2, 0.25) is 0 Å². The molecule has 2 unspecified atom stereocenters. The summed E-state index contributed by atoms with van der Waals surface area (Å²) in [6.45, 7) is 0. The predicted octanol–water partition coefficient (Wildman–Crippen LogP) is 2.96. The zero-order chi connectivity index (χ0) is 17.4. The summed E-state index contributed by atoms with van der Waals surface area (Å²) in [5.41, 5.74) is 1.63. The van der Waals surface area contributed by atoms with E-state index in [0.717, 1.165) is 11.1 Å². The first-order valence-electron chi connectivity index (χ1n) is 7.88. The monoisotopic (exact) mass is 338 g/mol. The maximum absolute atomic E-state index is 13.2. The molecule has 2 aromatic heterocycles. The van der Waals surface area contributed by atoms with Crippen LogP contribution in [0.25, 0.3) is 11.4 Å². The van der Waals surface area contributed by atoms with Crippen molar-refractivity contribution in [1.29, 1.82) is 0 Å². The third-order valence-corrected chi connectivity index (χ3v) is 4.50. The maximum Gasteiger partial charge on any atom is 0.233 e. The number of carbonyl (C=O) groups is 1. The number of halogens is 1. The van der Waals surface area contributed by atoms with Gasteiger partial charge in [-0.2, -0.15) is 4.98 Å². The molecule has 0 N–H and O–H groups in total. The molecule has 1 fully saturated rings. The van der Waals surface area contributed by atoms with Gasteiger partial charge in [-0.15, -0.1) is 0 Å². The van der Waals surface area contributed by atoms with Gasteiger partial charge in [-0.3, -0.25) is 9.78 Å². The SMILES string of the molecule is CN1C(=O)CC(c2nc(-c3ccncc3)no2)C1c1ccc(F)cc1. The minimum Gasteiger partial charge on any atom is -0.339 e. The quantitative estimate of drug-likeness (QED) is 0.734. The molecule has 4 rings (SSSR count). The number of nitrogens with zero attached hydrogens (tertiary/aromatic N) is 4. The number of pyridine rings is 1. The lowest BCUT2D eigenvalue weighted by Gasteiger charge is -2.23. The van der Waals surface area contributed by atoms with Crippen molar-refractivity contribution in [2.45, 2.75) is 18.4 Å². The standard InChI is InChI=1S/C18H15FN4O2/c1-23-15(24)10-14(16(23)11-2-4-13(19)5-3-11)18-21-17(22-25-18)12-6-8-20-9-7-12/h2-9,14,16H,10H2,1H3. The first-order chi connectivity index (χ1) is 12.1. The molecular formula is C18H15FN4O2. The van der Waals surface area contributed by atoms with Gasteiger partial charge in [-0.1, -0.05) is 17.3 Å². The summed E-state index contributed by atoms with van der Waals surface area (Å²) < 4.78 is 18.7. The second-order valence-electron chi connectivity index (χ2n) is 6.00. The molecule has 1 saturated heterocycles. The summed E-state index contributed by atoms with van der Waals surface area (Å²) in [4.78, 5) is 22.3. The van der Waals surface area contributed by atoms with E-state index in [0.29, 0.717) is 11.7 Å². The van der Waals surface area contributed by atoms with Crippen molar-refractivity contribution >= 4 is 5.91 Å². The second-order valence-corrected chi connectivity index (χ2v) is 6.00. The van der Waals surface area contributed by atoms with Gasteiger partial charge in [0.05, 0.1) is 12.0 Å². The van der Waals surface area contributed by atoms with Crippen molar-refractivity contribution in [2.75, 3.05) is 7.05 Å². The first-order valence-corrected chi connectivity index (χ1v) is 7.88. The van der Waals surface area contributed by atoms with Crippen LogP contribution in [0.5, 0.6) is 0 Å². The molecule has 0 radical (unpaired) electrons. The largest absolute Gasteiger partial charge is 0.339 e. The predicted molar refractivity (Wildman–Crippen MR) is 86.8 cm³/mol. The molecule has 2 atom stereocenters. The van der Waals surface area contributed by atoms with E-state index in [-0.39, 0.29) is 30.1 Å². The Balaban J connectivity index is 1.69. The Bertz CT molecular complexity index is 895. The number of hydrogen-bond donors (Lipinski definition) is 0. The molecule has 1 aliphatic rings. The molecule has 1 aliphatic heterocycles. The summed E-state index contributed by atoms with van der Waals surface area (Å²) in [6, 6.07) is 9.46. The fraction of sp³-hybridized carbons (Fsp3) is 0.222. The number of likely N-dealkylation sites (tertiary alicyclic amines) is 1. The van der Waals surface area contributed by atoms with E-state index in [4.69, 9.17) is 4.52 Å². The molecule has 0 bridgehead atoms. The van der Waals surface area contributed by atoms with Gasteiger partial charge >= 0.3 is 0 Å². The van der Waals surface area contributed by atoms with Gasteiger partial charge in [0.1, 0.15) is 5.82 Å². The fourth-order valence-electron chi connectivity index (χ4n) is 3.21. The van der Waals surface area contributed by atoms with E-state index < -0.39 is 0 Å². The molecule has 0 aliphatic carbocycles. The number of rotatable bonds is 3. The Morgan fingerprint density at radius 1 is 1.16 bits per heavy atom. The minimum atomic E-state index is -0.315. The molecule has 1 amide bonds. The van der Waals surface area contributed by atoms with E-state index in [9.17, 15) is 9.18 Å². The number of benzene rings is 1. The van der Waals surface area contributed by atoms with Crippen LogP contribution < -0.4 is 0 Å². The first kappa shape index (κ1) is 15.4. The van der Waals surface area contributed by atoms with Gasteiger partial charge in [0, 0.05) is 31.4 Å². The average molecular weight is 338 g/mol. The van der Waals surface area contributed by atoms with Crippen LogP contribution in [0.3, 0.4) is 0 Å². The maximum atomic E-state index is 13.2. The normalized spacial score (nSPS) is 20.2. The van der Waals surface area contributed by atoms with E-state index >= 15 is 0 Å². The molecule has 0 spiro atoms. The lowest BCUT2D eigenvalue weighted by Crippen LogP contribution is -2.24. The zero-order valence-electron chi connectivity index (χ0n) is 13.5. The Labute approximate surface area is 143 Å². The van der Waals surface area contributed by atoms with Crippen LogP contribution in [0, 0.1) is 5.82 Å². The summed E-state index contributed by atoms with van der Waals surface area (Å²) in [7, 11) is 1.73. The van der Waals surface area contributed by atoms with E-state index in [1.165, 1.54) is 12.1 Å². The molecule has 0 saturated carbocycles. The molecule has 3 aromatic rings. The van der Waals surface area contributed by atoms with Crippen molar-refractivity contribution < 1.29 is 13.7 Å². The third kappa shape index (κ3) is 2.77. The number of amides is 1. The highest BCUT2D eigenvalue weighted by Gasteiger charge is 2.42. The zero-order valence-corrected chi connectivity index (χ0v) is 13.5. The van der Waals surface area contributed by atoms with E-state index in [1.54, 1.807) is 48.6 Å². The van der Waals surface area contributed by atoms with Crippen molar-refractivity contribution in [3.05, 3.63) is 66.1 Å². The molecule has 7 heteroatoms. The highest BCUT2D eigenvalue weighted by molar-refractivity contribution is 5.80. The minimum absolute atomic E-state index is 0.0111. The number of aromatic nitrogens is 3. The number of hydrogen-bond acceptors (Lipinski definition) is 5. The Morgan fingerprint density at radius 2 is 1.88 bits per heavy atom. The van der Waals surface area contributed by atoms with Crippen molar-refractivity contribution in [3.63, 3.8) is 0 Å². The van der Waals surface area contributed by atoms with Gasteiger partial charge in [0.25, 0.3) is 0 Å². The topological polar surface area (TPSA) is 72.1 Å². The van der Waals surface area contributed by atoms with Crippen molar-refractivity contribution in [1.82, 2.24) is 20.0 Å².